The number of carbonyl (C=O) groups excluding carboxylic acids is 1. The molecule has 108 valence electrons. The highest BCUT2D eigenvalue weighted by Gasteiger charge is 2.23. The minimum Gasteiger partial charge on any atom is -0.349 e. The number of hydrogen-bond donors (Lipinski definition) is 2. The van der Waals surface area contributed by atoms with Gasteiger partial charge in [0.25, 0.3) is 0 Å². The Labute approximate surface area is 121 Å². The second-order valence-corrected chi connectivity index (χ2v) is 6.11. The van der Waals surface area contributed by atoms with Crippen LogP contribution in [0.15, 0.2) is 24.3 Å². The number of carbonyl (C=O) groups is 1. The van der Waals surface area contributed by atoms with E-state index in [1.165, 1.54) is 24.0 Å². The van der Waals surface area contributed by atoms with Gasteiger partial charge in [0.05, 0.1) is 6.04 Å². The molecule has 1 aromatic carbocycles. The lowest BCUT2D eigenvalue weighted by Crippen LogP contribution is -2.32. The second-order valence-electron chi connectivity index (χ2n) is 6.11. The number of hydrogen-bond acceptors (Lipinski definition) is 2. The normalized spacial score (nSPS) is 25.2. The van der Waals surface area contributed by atoms with Crippen molar-refractivity contribution in [2.24, 2.45) is 5.92 Å². The van der Waals surface area contributed by atoms with E-state index < -0.39 is 0 Å². The van der Waals surface area contributed by atoms with Crippen molar-refractivity contribution in [2.75, 3.05) is 13.1 Å². The minimum absolute atomic E-state index is 0.220. The van der Waals surface area contributed by atoms with Gasteiger partial charge in [0.2, 0.25) is 5.91 Å². The first kappa shape index (κ1) is 13.6. The number of piperidine rings is 1. The molecule has 3 nitrogen and oxygen atoms in total. The van der Waals surface area contributed by atoms with E-state index >= 15 is 0 Å². The molecule has 2 atom stereocenters. The van der Waals surface area contributed by atoms with Crippen molar-refractivity contribution in [1.29, 1.82) is 0 Å². The first-order chi connectivity index (χ1) is 9.83. The fourth-order valence-electron chi connectivity index (χ4n) is 3.48. The van der Waals surface area contributed by atoms with Crippen molar-refractivity contribution in [2.45, 2.75) is 44.6 Å². The molecule has 20 heavy (non-hydrogen) atoms. The summed E-state index contributed by atoms with van der Waals surface area (Å²) in [5, 5.41) is 6.63. The smallest absolute Gasteiger partial charge is 0.220 e. The van der Waals surface area contributed by atoms with Gasteiger partial charge in [0, 0.05) is 6.42 Å². The zero-order valence-corrected chi connectivity index (χ0v) is 12.0. The van der Waals surface area contributed by atoms with Gasteiger partial charge in [-0.25, -0.2) is 0 Å². The third-order valence-corrected chi connectivity index (χ3v) is 4.65. The Balaban J connectivity index is 1.47. The molecule has 1 amide bonds. The molecular weight excluding hydrogens is 248 g/mol. The molecule has 3 heteroatoms. The summed E-state index contributed by atoms with van der Waals surface area (Å²) < 4.78 is 0. The average molecular weight is 272 g/mol. The molecule has 0 aromatic heterocycles. The number of aryl methyl sites for hydroxylation is 1. The van der Waals surface area contributed by atoms with Crippen LogP contribution in [0.2, 0.25) is 0 Å². The lowest BCUT2D eigenvalue weighted by Gasteiger charge is -2.22. The molecule has 1 fully saturated rings. The van der Waals surface area contributed by atoms with Gasteiger partial charge in [-0.1, -0.05) is 24.3 Å². The molecule has 0 spiro atoms. The van der Waals surface area contributed by atoms with Crippen molar-refractivity contribution in [1.82, 2.24) is 10.6 Å². The zero-order valence-electron chi connectivity index (χ0n) is 12.0. The number of nitrogens with one attached hydrogen (secondary N) is 2. The molecule has 1 aliphatic carbocycles. The van der Waals surface area contributed by atoms with E-state index in [1.54, 1.807) is 0 Å². The van der Waals surface area contributed by atoms with Crippen LogP contribution in [0.1, 0.15) is 49.3 Å². The summed E-state index contributed by atoms with van der Waals surface area (Å²) in [4.78, 5) is 12.1. The van der Waals surface area contributed by atoms with Crippen LogP contribution in [0.25, 0.3) is 0 Å². The summed E-state index contributed by atoms with van der Waals surface area (Å²) in [6, 6.07) is 8.71. The molecule has 2 unspecified atom stereocenters. The highest BCUT2D eigenvalue weighted by molar-refractivity contribution is 5.76. The van der Waals surface area contributed by atoms with E-state index in [4.69, 9.17) is 0 Å². The molecule has 1 aromatic rings. The lowest BCUT2D eigenvalue weighted by molar-refractivity contribution is -0.122. The second kappa shape index (κ2) is 6.40. The maximum Gasteiger partial charge on any atom is 0.220 e. The fourth-order valence-corrected chi connectivity index (χ4v) is 3.48. The average Bonchev–Trinajstić information content (AvgIpc) is 2.90. The monoisotopic (exact) mass is 272 g/mol. The van der Waals surface area contributed by atoms with Gasteiger partial charge >= 0.3 is 0 Å². The summed E-state index contributed by atoms with van der Waals surface area (Å²) in [5.74, 6) is 0.905. The Morgan fingerprint density at radius 2 is 2.20 bits per heavy atom. The van der Waals surface area contributed by atoms with Gasteiger partial charge in [-0.3, -0.25) is 4.79 Å². The van der Waals surface area contributed by atoms with Gasteiger partial charge in [0.15, 0.2) is 0 Å². The molecule has 1 saturated heterocycles. The molecule has 0 radical (unpaired) electrons. The summed E-state index contributed by atoms with van der Waals surface area (Å²) in [6.45, 7) is 2.22. The summed E-state index contributed by atoms with van der Waals surface area (Å²) in [7, 11) is 0. The van der Waals surface area contributed by atoms with E-state index in [-0.39, 0.29) is 11.9 Å². The lowest BCUT2D eigenvalue weighted by atomic mass is 9.94. The SMILES string of the molecule is O=C(CCC1CCCNC1)NC1CCc2ccccc21. The van der Waals surface area contributed by atoms with Crippen LogP contribution in [0.4, 0.5) is 0 Å². The van der Waals surface area contributed by atoms with Crippen LogP contribution in [0, 0.1) is 5.92 Å². The summed E-state index contributed by atoms with van der Waals surface area (Å²) in [6.07, 6.45) is 6.36. The number of benzene rings is 1. The predicted octanol–water partition coefficient (Wildman–Crippen LogP) is 2.57. The van der Waals surface area contributed by atoms with Crippen LogP contribution < -0.4 is 10.6 Å². The number of fused-ring (bicyclic) bond motifs is 1. The molecule has 0 saturated carbocycles. The predicted molar refractivity (Wildman–Crippen MR) is 80.5 cm³/mol. The van der Waals surface area contributed by atoms with E-state index in [9.17, 15) is 4.79 Å². The van der Waals surface area contributed by atoms with Gasteiger partial charge in [-0.05, 0) is 62.2 Å². The fraction of sp³-hybridized carbons (Fsp3) is 0.588. The molecule has 1 heterocycles. The van der Waals surface area contributed by atoms with E-state index in [0.29, 0.717) is 12.3 Å². The molecule has 0 bridgehead atoms. The Bertz CT molecular complexity index is 466. The van der Waals surface area contributed by atoms with Crippen molar-refractivity contribution in [3.8, 4) is 0 Å². The Hall–Kier alpha value is -1.35. The number of amides is 1. The third-order valence-electron chi connectivity index (χ3n) is 4.65. The third kappa shape index (κ3) is 3.21. The van der Waals surface area contributed by atoms with E-state index in [0.717, 1.165) is 32.4 Å². The van der Waals surface area contributed by atoms with Crippen LogP contribution in [0.3, 0.4) is 0 Å². The highest BCUT2D eigenvalue weighted by Crippen LogP contribution is 2.30. The highest BCUT2D eigenvalue weighted by atomic mass is 16.1. The Kier molecular flexibility index (Phi) is 4.36. The molecule has 1 aliphatic heterocycles. The Morgan fingerprint density at radius 1 is 1.30 bits per heavy atom. The van der Waals surface area contributed by atoms with Crippen LogP contribution >= 0.6 is 0 Å². The summed E-state index contributed by atoms with van der Waals surface area (Å²) in [5.41, 5.74) is 2.72. The van der Waals surface area contributed by atoms with E-state index in [2.05, 4.69) is 34.9 Å². The van der Waals surface area contributed by atoms with Crippen LogP contribution in [-0.2, 0) is 11.2 Å². The standard InChI is InChI=1S/C17H24N2O/c20-17(10-7-13-4-3-11-18-12-13)19-16-9-8-14-5-1-2-6-15(14)16/h1-2,5-6,13,16,18H,3-4,7-12H2,(H,19,20). The van der Waals surface area contributed by atoms with Crippen molar-refractivity contribution in [3.05, 3.63) is 35.4 Å². The first-order valence-corrected chi connectivity index (χ1v) is 7.91. The van der Waals surface area contributed by atoms with Gasteiger partial charge in [-0.15, -0.1) is 0 Å². The van der Waals surface area contributed by atoms with Gasteiger partial charge in [-0.2, -0.15) is 0 Å². The van der Waals surface area contributed by atoms with Crippen molar-refractivity contribution in [3.63, 3.8) is 0 Å². The van der Waals surface area contributed by atoms with Gasteiger partial charge in [0.1, 0.15) is 0 Å². The quantitative estimate of drug-likeness (QED) is 0.884. The van der Waals surface area contributed by atoms with Crippen molar-refractivity contribution < 1.29 is 4.79 Å². The maximum atomic E-state index is 12.1. The zero-order chi connectivity index (χ0) is 13.8. The largest absolute Gasteiger partial charge is 0.349 e. The first-order valence-electron chi connectivity index (χ1n) is 7.91. The molecule has 3 rings (SSSR count). The topological polar surface area (TPSA) is 41.1 Å². The Morgan fingerprint density at radius 3 is 3.05 bits per heavy atom. The molecule has 2 N–H and O–H groups in total. The number of rotatable bonds is 4. The molecule has 2 aliphatic rings. The van der Waals surface area contributed by atoms with Crippen molar-refractivity contribution >= 4 is 5.91 Å². The minimum atomic E-state index is 0.220. The summed E-state index contributed by atoms with van der Waals surface area (Å²) >= 11 is 0. The van der Waals surface area contributed by atoms with E-state index in [1.807, 2.05) is 0 Å². The van der Waals surface area contributed by atoms with Crippen LogP contribution in [0.5, 0.6) is 0 Å². The van der Waals surface area contributed by atoms with Crippen LogP contribution in [-0.4, -0.2) is 19.0 Å². The maximum absolute atomic E-state index is 12.1. The molecular formula is C17H24N2O. The van der Waals surface area contributed by atoms with Gasteiger partial charge < -0.3 is 10.6 Å².